The lowest BCUT2D eigenvalue weighted by atomic mass is 9.59. The van der Waals surface area contributed by atoms with Crippen LogP contribution in [0.1, 0.15) is 69.8 Å². The van der Waals surface area contributed by atoms with Crippen molar-refractivity contribution in [2.75, 3.05) is 0 Å². The molecule has 3 rings (SSSR count). The molecule has 0 aliphatic heterocycles. The SMILES string of the molecule is NC(=O)O.O=[N+]([O-])c1ccccc1CC1(C2CCCCC2)CCCCC1. The molecule has 3 N–H and O–H groups in total. The van der Waals surface area contributed by atoms with Crippen LogP contribution in [0, 0.1) is 21.4 Å². The average Bonchev–Trinajstić information content (AvgIpc) is 2.63. The van der Waals surface area contributed by atoms with Gasteiger partial charge in [0.15, 0.2) is 0 Å². The number of para-hydroxylation sites is 1. The number of nitro benzene ring substituents is 1. The first kappa shape index (κ1) is 20.2. The Kier molecular flexibility index (Phi) is 7.42. The van der Waals surface area contributed by atoms with E-state index in [2.05, 4.69) is 5.73 Å². The monoisotopic (exact) mass is 362 g/mol. The fourth-order valence-corrected chi connectivity index (χ4v) is 4.92. The van der Waals surface area contributed by atoms with Gasteiger partial charge in [0.05, 0.1) is 4.92 Å². The minimum atomic E-state index is -1.33. The van der Waals surface area contributed by atoms with Gasteiger partial charge in [-0.3, -0.25) is 10.1 Å². The van der Waals surface area contributed by atoms with E-state index < -0.39 is 6.09 Å². The summed E-state index contributed by atoms with van der Waals surface area (Å²) in [6.07, 6.45) is 12.8. The zero-order valence-electron chi connectivity index (χ0n) is 15.4. The van der Waals surface area contributed by atoms with E-state index in [1.165, 1.54) is 64.2 Å². The van der Waals surface area contributed by atoms with Crippen LogP contribution in [0.4, 0.5) is 10.5 Å². The predicted octanol–water partition coefficient (Wildman–Crippen LogP) is 5.29. The van der Waals surface area contributed by atoms with Gasteiger partial charge in [0.1, 0.15) is 0 Å². The quantitative estimate of drug-likeness (QED) is 0.560. The first-order chi connectivity index (χ1) is 12.4. The zero-order valence-corrected chi connectivity index (χ0v) is 15.4. The summed E-state index contributed by atoms with van der Waals surface area (Å²) in [7, 11) is 0. The molecule has 2 aliphatic carbocycles. The molecule has 1 aromatic rings. The van der Waals surface area contributed by atoms with Gasteiger partial charge < -0.3 is 10.8 Å². The summed E-state index contributed by atoms with van der Waals surface area (Å²) in [5.74, 6) is 0.779. The number of primary amides is 1. The van der Waals surface area contributed by atoms with Crippen molar-refractivity contribution < 1.29 is 14.8 Å². The first-order valence-corrected chi connectivity index (χ1v) is 9.65. The van der Waals surface area contributed by atoms with Crippen molar-refractivity contribution >= 4 is 11.8 Å². The highest BCUT2D eigenvalue weighted by molar-refractivity contribution is 5.61. The van der Waals surface area contributed by atoms with Crippen LogP contribution in [0.2, 0.25) is 0 Å². The second-order valence-corrected chi connectivity index (χ2v) is 7.66. The minimum Gasteiger partial charge on any atom is -0.465 e. The lowest BCUT2D eigenvalue weighted by Gasteiger charge is -2.45. The van der Waals surface area contributed by atoms with Crippen LogP contribution in [-0.4, -0.2) is 16.1 Å². The lowest BCUT2D eigenvalue weighted by molar-refractivity contribution is -0.385. The molecule has 0 bridgehead atoms. The second kappa shape index (κ2) is 9.55. The van der Waals surface area contributed by atoms with E-state index in [0.29, 0.717) is 11.1 Å². The maximum atomic E-state index is 11.3. The van der Waals surface area contributed by atoms with Crippen LogP contribution in [0.15, 0.2) is 24.3 Å². The van der Waals surface area contributed by atoms with Crippen LogP contribution < -0.4 is 5.73 Å². The van der Waals surface area contributed by atoms with Crippen LogP contribution in [0.3, 0.4) is 0 Å². The molecule has 2 fully saturated rings. The molecule has 2 saturated carbocycles. The second-order valence-electron chi connectivity index (χ2n) is 7.66. The highest BCUT2D eigenvalue weighted by Gasteiger charge is 2.41. The molecular formula is C20H30N2O4. The molecule has 0 atom stereocenters. The molecule has 0 unspecified atom stereocenters. The van der Waals surface area contributed by atoms with Gasteiger partial charge in [0, 0.05) is 11.6 Å². The van der Waals surface area contributed by atoms with Crippen LogP contribution >= 0.6 is 0 Å². The van der Waals surface area contributed by atoms with Gasteiger partial charge in [-0.2, -0.15) is 0 Å². The molecule has 2 aliphatic rings. The number of nitrogens with two attached hydrogens (primary N) is 1. The van der Waals surface area contributed by atoms with E-state index in [-0.39, 0.29) is 4.92 Å². The Morgan fingerprint density at radius 2 is 1.65 bits per heavy atom. The van der Waals surface area contributed by atoms with Gasteiger partial charge in [0.2, 0.25) is 0 Å². The van der Waals surface area contributed by atoms with E-state index in [1.54, 1.807) is 12.1 Å². The standard InChI is InChI=1S/C19H27NO2.CH3NO2/c21-20(22)18-12-6-5-9-16(18)15-19(13-7-2-8-14-19)17-10-3-1-4-11-17;2-1(3)4/h5-6,9,12,17H,1-4,7-8,10-11,13-15H2;2H2,(H,3,4). The summed E-state index contributed by atoms with van der Waals surface area (Å²) in [4.78, 5) is 19.9. The van der Waals surface area contributed by atoms with Crippen molar-refractivity contribution in [1.82, 2.24) is 0 Å². The minimum absolute atomic E-state index is 0.202. The third-order valence-corrected chi connectivity index (χ3v) is 6.05. The molecule has 26 heavy (non-hydrogen) atoms. The Balaban J connectivity index is 0.000000552. The zero-order chi connectivity index (χ0) is 19.0. The molecule has 6 heteroatoms. The molecule has 1 amide bonds. The number of benzene rings is 1. The molecule has 144 valence electrons. The van der Waals surface area contributed by atoms with E-state index in [0.717, 1.165) is 17.9 Å². The number of nitro groups is 1. The van der Waals surface area contributed by atoms with Crippen molar-refractivity contribution in [3.05, 3.63) is 39.9 Å². The van der Waals surface area contributed by atoms with Gasteiger partial charge >= 0.3 is 6.09 Å². The van der Waals surface area contributed by atoms with Crippen molar-refractivity contribution in [3.63, 3.8) is 0 Å². The molecule has 1 aromatic carbocycles. The Bertz CT molecular complexity index is 602. The van der Waals surface area contributed by atoms with Gasteiger partial charge in [-0.25, -0.2) is 4.79 Å². The first-order valence-electron chi connectivity index (χ1n) is 9.65. The van der Waals surface area contributed by atoms with Crippen LogP contribution in [0.25, 0.3) is 0 Å². The lowest BCUT2D eigenvalue weighted by Crippen LogP contribution is -2.36. The molecule has 0 spiro atoms. The number of carbonyl (C=O) groups is 1. The average molecular weight is 362 g/mol. The third kappa shape index (κ3) is 5.44. The van der Waals surface area contributed by atoms with E-state index in [9.17, 15) is 10.1 Å². The van der Waals surface area contributed by atoms with Crippen LogP contribution in [-0.2, 0) is 6.42 Å². The molecule has 0 saturated heterocycles. The third-order valence-electron chi connectivity index (χ3n) is 6.05. The van der Waals surface area contributed by atoms with Crippen molar-refractivity contribution in [3.8, 4) is 0 Å². The molecule has 0 aromatic heterocycles. The number of hydrogen-bond donors (Lipinski definition) is 2. The summed E-state index contributed by atoms with van der Waals surface area (Å²) in [5.41, 5.74) is 5.63. The Labute approximate surface area is 154 Å². The smallest absolute Gasteiger partial charge is 0.402 e. The summed E-state index contributed by atoms with van der Waals surface area (Å²) in [6, 6.07) is 7.40. The highest BCUT2D eigenvalue weighted by atomic mass is 16.6. The molecule has 0 radical (unpaired) electrons. The summed E-state index contributed by atoms with van der Waals surface area (Å²) >= 11 is 0. The molecular weight excluding hydrogens is 332 g/mol. The number of hydrogen-bond acceptors (Lipinski definition) is 3. The van der Waals surface area contributed by atoms with Crippen molar-refractivity contribution in [2.45, 2.75) is 70.6 Å². The van der Waals surface area contributed by atoms with Crippen LogP contribution in [0.5, 0.6) is 0 Å². The maximum Gasteiger partial charge on any atom is 0.402 e. The molecule has 6 nitrogen and oxygen atoms in total. The predicted molar refractivity (Wildman–Crippen MR) is 101 cm³/mol. The Morgan fingerprint density at radius 3 is 2.23 bits per heavy atom. The summed E-state index contributed by atoms with van der Waals surface area (Å²) < 4.78 is 0. The number of carboxylic acid groups (broad SMARTS) is 1. The van der Waals surface area contributed by atoms with E-state index in [4.69, 9.17) is 9.90 Å². The Morgan fingerprint density at radius 1 is 1.12 bits per heavy atom. The maximum absolute atomic E-state index is 11.3. The summed E-state index contributed by atoms with van der Waals surface area (Å²) in [5, 5.41) is 18.5. The van der Waals surface area contributed by atoms with Gasteiger partial charge in [-0.1, -0.05) is 56.7 Å². The normalized spacial score (nSPS) is 19.8. The largest absolute Gasteiger partial charge is 0.465 e. The van der Waals surface area contributed by atoms with E-state index in [1.807, 2.05) is 12.1 Å². The van der Waals surface area contributed by atoms with Gasteiger partial charge in [-0.05, 0) is 43.4 Å². The van der Waals surface area contributed by atoms with E-state index >= 15 is 0 Å². The van der Waals surface area contributed by atoms with Crippen molar-refractivity contribution in [1.29, 1.82) is 0 Å². The fraction of sp³-hybridized carbons (Fsp3) is 0.650. The van der Waals surface area contributed by atoms with Gasteiger partial charge in [-0.15, -0.1) is 0 Å². The van der Waals surface area contributed by atoms with Gasteiger partial charge in [0.25, 0.3) is 5.69 Å². The number of nitrogens with zero attached hydrogens (tertiary/aromatic N) is 1. The topological polar surface area (TPSA) is 106 Å². The number of rotatable bonds is 4. The fourth-order valence-electron chi connectivity index (χ4n) is 4.92. The molecule has 0 heterocycles. The summed E-state index contributed by atoms with van der Waals surface area (Å²) in [6.45, 7) is 0. The Hall–Kier alpha value is -2.11. The van der Waals surface area contributed by atoms with Crippen molar-refractivity contribution in [2.24, 2.45) is 17.1 Å². The highest BCUT2D eigenvalue weighted by Crippen LogP contribution is 2.50. The number of amides is 1.